The highest BCUT2D eigenvalue weighted by atomic mass is 19.1. The summed E-state index contributed by atoms with van der Waals surface area (Å²) in [5, 5.41) is 10.9. The van der Waals surface area contributed by atoms with Gasteiger partial charge in [-0.3, -0.25) is 4.79 Å². The summed E-state index contributed by atoms with van der Waals surface area (Å²) in [7, 11) is 0. The van der Waals surface area contributed by atoms with Crippen LogP contribution >= 0.6 is 0 Å². The van der Waals surface area contributed by atoms with Crippen molar-refractivity contribution in [1.29, 1.82) is 0 Å². The third kappa shape index (κ3) is 3.80. The number of benzene rings is 1. The van der Waals surface area contributed by atoms with Gasteiger partial charge in [0.05, 0.1) is 18.7 Å². The van der Waals surface area contributed by atoms with Gasteiger partial charge in [0.25, 0.3) is 0 Å². The predicted molar refractivity (Wildman–Crippen MR) is 98.7 cm³/mol. The Bertz CT molecular complexity index is 950. The van der Waals surface area contributed by atoms with Gasteiger partial charge in [-0.15, -0.1) is 0 Å². The minimum atomic E-state index is -0.365. The molecular weight excluding hydrogens is 347 g/mol. The highest BCUT2D eigenvalue weighted by molar-refractivity contribution is 5.78. The van der Waals surface area contributed by atoms with Gasteiger partial charge in [0.15, 0.2) is 5.65 Å². The minimum Gasteiger partial charge on any atom is -0.354 e. The number of nitrogens with one attached hydrogen (secondary N) is 2. The summed E-state index contributed by atoms with van der Waals surface area (Å²) >= 11 is 0. The van der Waals surface area contributed by atoms with Crippen LogP contribution in [-0.2, 0) is 17.8 Å². The van der Waals surface area contributed by atoms with Crippen molar-refractivity contribution in [3.63, 3.8) is 0 Å². The number of rotatable bonds is 6. The Morgan fingerprint density at radius 1 is 1.30 bits per heavy atom. The lowest BCUT2D eigenvalue weighted by Gasteiger charge is -2.07. The molecule has 1 saturated heterocycles. The molecule has 1 fully saturated rings. The smallest absolute Gasteiger partial charge is 0.224 e. The van der Waals surface area contributed by atoms with E-state index in [1.807, 2.05) is 0 Å². The Morgan fingerprint density at radius 3 is 2.96 bits per heavy atom. The van der Waals surface area contributed by atoms with E-state index in [1.165, 1.54) is 6.07 Å². The van der Waals surface area contributed by atoms with Crippen molar-refractivity contribution >= 4 is 17.1 Å². The fourth-order valence-corrected chi connectivity index (χ4v) is 3.42. The molecule has 140 valence electrons. The topological polar surface area (TPSA) is 84.7 Å². The van der Waals surface area contributed by atoms with E-state index in [1.54, 1.807) is 35.3 Å². The highest BCUT2D eigenvalue weighted by Gasteiger charge is 2.24. The molecule has 3 heterocycles. The summed E-state index contributed by atoms with van der Waals surface area (Å²) < 4.78 is 15.4. The molecule has 1 atom stereocenters. The Kier molecular flexibility index (Phi) is 5.06. The van der Waals surface area contributed by atoms with Gasteiger partial charge >= 0.3 is 0 Å². The first-order valence-electron chi connectivity index (χ1n) is 9.10. The van der Waals surface area contributed by atoms with Crippen LogP contribution in [-0.4, -0.2) is 45.3 Å². The van der Waals surface area contributed by atoms with Crippen LogP contribution in [0.1, 0.15) is 23.6 Å². The molecule has 1 aromatic carbocycles. The van der Waals surface area contributed by atoms with Gasteiger partial charge in [-0.25, -0.2) is 19.0 Å². The van der Waals surface area contributed by atoms with Crippen molar-refractivity contribution in [3.05, 3.63) is 53.7 Å². The maximum Gasteiger partial charge on any atom is 0.224 e. The molecular formula is C19H21FN6O. The lowest BCUT2D eigenvalue weighted by atomic mass is 10.0. The number of hydrogen-bond acceptors (Lipinski definition) is 5. The summed E-state index contributed by atoms with van der Waals surface area (Å²) in [6, 6.07) is 6.31. The summed E-state index contributed by atoms with van der Waals surface area (Å²) in [5.74, 6) is -0.250. The van der Waals surface area contributed by atoms with Gasteiger partial charge in [-0.05, 0) is 24.6 Å². The summed E-state index contributed by atoms with van der Waals surface area (Å²) in [4.78, 5) is 20.9. The number of carbonyl (C=O) groups is 1. The van der Waals surface area contributed by atoms with Crippen LogP contribution in [0.5, 0.6) is 0 Å². The van der Waals surface area contributed by atoms with Gasteiger partial charge in [0.2, 0.25) is 5.91 Å². The Labute approximate surface area is 156 Å². The molecule has 0 radical (unpaired) electrons. The van der Waals surface area contributed by atoms with Crippen molar-refractivity contribution in [1.82, 2.24) is 30.4 Å². The van der Waals surface area contributed by atoms with E-state index < -0.39 is 0 Å². The average molecular weight is 368 g/mol. The monoisotopic (exact) mass is 368 g/mol. The second kappa shape index (κ2) is 7.79. The van der Waals surface area contributed by atoms with Gasteiger partial charge < -0.3 is 10.6 Å². The molecule has 1 unspecified atom stereocenters. The fraction of sp³-hybridized carbons (Fsp3) is 0.368. The maximum absolute atomic E-state index is 13.6. The molecule has 0 aliphatic carbocycles. The molecule has 1 aliphatic heterocycles. The first-order valence-corrected chi connectivity index (χ1v) is 9.10. The first-order chi connectivity index (χ1) is 13.2. The van der Waals surface area contributed by atoms with Crippen molar-refractivity contribution in [3.8, 4) is 0 Å². The zero-order valence-electron chi connectivity index (χ0n) is 14.9. The summed E-state index contributed by atoms with van der Waals surface area (Å²) in [5.41, 5.74) is 2.90. The van der Waals surface area contributed by atoms with E-state index in [0.29, 0.717) is 24.6 Å². The molecule has 8 heteroatoms. The number of halogens is 1. The minimum absolute atomic E-state index is 0.0192. The zero-order chi connectivity index (χ0) is 18.6. The lowest BCUT2D eigenvalue weighted by Crippen LogP contribution is -2.29. The summed E-state index contributed by atoms with van der Waals surface area (Å²) in [6.07, 6.45) is 4.37. The van der Waals surface area contributed by atoms with Crippen LogP contribution in [0.3, 0.4) is 0 Å². The van der Waals surface area contributed by atoms with E-state index in [9.17, 15) is 9.18 Å². The van der Waals surface area contributed by atoms with Crippen LogP contribution in [0.4, 0.5) is 4.39 Å². The van der Waals surface area contributed by atoms with Crippen molar-refractivity contribution < 1.29 is 9.18 Å². The second-order valence-electron chi connectivity index (χ2n) is 6.64. The standard InChI is InChI=1S/C19H21FN6O/c20-15-4-2-1-3-13(15)11-16(27)22-9-10-26-19-18(23-7-8-24-19)17(25-26)14-5-6-21-12-14/h1-4,7-8,14,21H,5-6,9-12H2,(H,22,27). The third-order valence-electron chi connectivity index (χ3n) is 4.80. The number of aromatic nitrogens is 4. The molecule has 0 spiro atoms. The average Bonchev–Trinajstić information content (AvgIpc) is 3.32. The fourth-order valence-electron chi connectivity index (χ4n) is 3.42. The molecule has 27 heavy (non-hydrogen) atoms. The Hall–Kier alpha value is -2.87. The molecule has 1 aliphatic rings. The van der Waals surface area contributed by atoms with Crippen LogP contribution in [0.2, 0.25) is 0 Å². The van der Waals surface area contributed by atoms with Crippen molar-refractivity contribution in [2.24, 2.45) is 0 Å². The van der Waals surface area contributed by atoms with Gasteiger partial charge in [0.1, 0.15) is 11.3 Å². The predicted octanol–water partition coefficient (Wildman–Crippen LogP) is 1.40. The van der Waals surface area contributed by atoms with E-state index in [-0.39, 0.29) is 18.1 Å². The first kappa shape index (κ1) is 17.5. The van der Waals surface area contributed by atoms with E-state index in [4.69, 9.17) is 5.10 Å². The Morgan fingerprint density at radius 2 is 2.15 bits per heavy atom. The molecule has 7 nitrogen and oxygen atoms in total. The second-order valence-corrected chi connectivity index (χ2v) is 6.64. The number of nitrogens with zero attached hydrogens (tertiary/aromatic N) is 4. The van der Waals surface area contributed by atoms with Crippen LogP contribution < -0.4 is 10.6 Å². The van der Waals surface area contributed by atoms with E-state index >= 15 is 0 Å². The Balaban J connectivity index is 1.42. The lowest BCUT2D eigenvalue weighted by molar-refractivity contribution is -0.120. The molecule has 4 rings (SSSR count). The van der Waals surface area contributed by atoms with Crippen LogP contribution in [0.25, 0.3) is 11.2 Å². The van der Waals surface area contributed by atoms with Gasteiger partial charge in [-0.1, -0.05) is 18.2 Å². The normalized spacial score (nSPS) is 16.7. The zero-order valence-corrected chi connectivity index (χ0v) is 14.9. The highest BCUT2D eigenvalue weighted by Crippen LogP contribution is 2.26. The van der Waals surface area contributed by atoms with Crippen molar-refractivity contribution in [2.75, 3.05) is 19.6 Å². The van der Waals surface area contributed by atoms with E-state index in [0.717, 1.165) is 36.4 Å². The molecule has 3 aromatic rings. The van der Waals surface area contributed by atoms with Gasteiger partial charge in [0, 0.05) is 31.4 Å². The summed E-state index contributed by atoms with van der Waals surface area (Å²) in [6.45, 7) is 2.74. The molecule has 0 bridgehead atoms. The molecule has 2 aromatic heterocycles. The molecule has 2 N–H and O–H groups in total. The SMILES string of the molecule is O=C(Cc1ccccc1F)NCCn1nc(C2CCNC2)c2nccnc21. The molecule has 1 amide bonds. The number of amides is 1. The quantitative estimate of drug-likeness (QED) is 0.687. The number of carbonyl (C=O) groups excluding carboxylic acids is 1. The van der Waals surface area contributed by atoms with Crippen LogP contribution in [0.15, 0.2) is 36.7 Å². The number of fused-ring (bicyclic) bond motifs is 1. The number of hydrogen-bond donors (Lipinski definition) is 2. The van der Waals surface area contributed by atoms with Crippen molar-refractivity contribution in [2.45, 2.75) is 25.3 Å². The van der Waals surface area contributed by atoms with E-state index in [2.05, 4.69) is 20.6 Å². The largest absolute Gasteiger partial charge is 0.354 e. The maximum atomic E-state index is 13.6. The van der Waals surface area contributed by atoms with Crippen LogP contribution in [0, 0.1) is 5.82 Å². The molecule has 0 saturated carbocycles. The third-order valence-corrected chi connectivity index (χ3v) is 4.80. The van der Waals surface area contributed by atoms with Gasteiger partial charge in [-0.2, -0.15) is 5.10 Å².